The van der Waals surface area contributed by atoms with Crippen LogP contribution in [0.4, 0.5) is 10.1 Å². The first-order chi connectivity index (χ1) is 13.5. The summed E-state index contributed by atoms with van der Waals surface area (Å²) in [5.41, 5.74) is 1.86. The zero-order chi connectivity index (χ0) is 19.8. The molecule has 0 saturated heterocycles. The van der Waals surface area contributed by atoms with Gasteiger partial charge in [-0.3, -0.25) is 9.36 Å². The van der Waals surface area contributed by atoms with Crippen LogP contribution in [0.5, 0.6) is 0 Å². The van der Waals surface area contributed by atoms with E-state index in [-0.39, 0.29) is 23.8 Å². The Kier molecular flexibility index (Phi) is 6.51. The van der Waals surface area contributed by atoms with E-state index in [0.29, 0.717) is 11.1 Å². The molecule has 0 fully saturated rings. The number of aryl methyl sites for hydroxylation is 1. The van der Waals surface area contributed by atoms with Gasteiger partial charge in [-0.1, -0.05) is 11.8 Å². The van der Waals surface area contributed by atoms with Crippen LogP contribution in [0, 0.1) is 5.82 Å². The monoisotopic (exact) mass is 449 g/mol. The summed E-state index contributed by atoms with van der Waals surface area (Å²) in [6.07, 6.45) is 4.10. The lowest BCUT2D eigenvalue weighted by molar-refractivity contribution is -0.695. The summed E-state index contributed by atoms with van der Waals surface area (Å²) in [6.45, 7) is 5.54. The molecule has 3 aromatic rings. The van der Waals surface area contributed by atoms with Crippen molar-refractivity contribution in [3.63, 3.8) is 0 Å². The Balaban J connectivity index is 0.00000240. The Morgan fingerprint density at radius 3 is 2.72 bits per heavy atom. The average molecular weight is 450 g/mol. The van der Waals surface area contributed by atoms with E-state index < -0.39 is 0 Å². The van der Waals surface area contributed by atoms with E-state index in [1.165, 1.54) is 35.2 Å². The molecule has 4 nitrogen and oxygen atoms in total. The number of halogens is 2. The molecule has 152 valence electrons. The van der Waals surface area contributed by atoms with Gasteiger partial charge in [-0.25, -0.2) is 4.39 Å². The summed E-state index contributed by atoms with van der Waals surface area (Å²) in [5, 5.41) is 0.855. The summed E-state index contributed by atoms with van der Waals surface area (Å²) < 4.78 is 19.2. The molecule has 3 heterocycles. The van der Waals surface area contributed by atoms with E-state index in [1.807, 2.05) is 37.2 Å². The molecule has 2 aromatic heterocycles. The van der Waals surface area contributed by atoms with E-state index in [0.717, 1.165) is 32.5 Å². The van der Waals surface area contributed by atoms with Gasteiger partial charge in [0.1, 0.15) is 26.6 Å². The second kappa shape index (κ2) is 8.73. The Morgan fingerprint density at radius 2 is 2.00 bits per heavy atom. The number of thioether (sulfide) groups is 1. The summed E-state index contributed by atoms with van der Waals surface area (Å²) in [6, 6.07) is 10.8. The highest BCUT2D eigenvalue weighted by molar-refractivity contribution is 8.08. The van der Waals surface area contributed by atoms with E-state index in [1.54, 1.807) is 10.6 Å². The van der Waals surface area contributed by atoms with Crippen molar-refractivity contribution in [2.75, 3.05) is 11.9 Å². The number of benzene rings is 1. The fourth-order valence-electron chi connectivity index (χ4n) is 3.32. The van der Waals surface area contributed by atoms with E-state index in [9.17, 15) is 9.18 Å². The van der Waals surface area contributed by atoms with E-state index in [4.69, 9.17) is 0 Å². The standard InChI is InChI=1S/C21H21FN3OS2.ClH/c1-4-24-11-7-6-8-15(24)13-18-25(5-2)20(26)19(28-18)21-23(3)16-12-14(22)9-10-17(16)27-21;/h6-13H,4-5H2,1-3H3;1H/q+1;/p-1/b21-19+;. The second-order valence-corrected chi connectivity index (χ2v) is 8.51. The van der Waals surface area contributed by atoms with Crippen LogP contribution >= 0.6 is 23.1 Å². The first kappa shape index (κ1) is 21.6. The highest BCUT2D eigenvalue weighted by atomic mass is 35.5. The predicted molar refractivity (Wildman–Crippen MR) is 113 cm³/mol. The summed E-state index contributed by atoms with van der Waals surface area (Å²) in [5.74, 6) is -0.271. The topological polar surface area (TPSA) is 29.1 Å². The van der Waals surface area contributed by atoms with Crippen molar-refractivity contribution in [1.82, 2.24) is 4.57 Å². The van der Waals surface area contributed by atoms with Gasteiger partial charge in [0.25, 0.3) is 5.56 Å². The molecule has 0 unspecified atom stereocenters. The normalized spacial score (nSPS) is 15.4. The van der Waals surface area contributed by atoms with Crippen LogP contribution in [0.15, 0.2) is 52.3 Å². The first-order valence-corrected chi connectivity index (χ1v) is 10.8. The van der Waals surface area contributed by atoms with Crippen LogP contribution < -0.4 is 36.6 Å². The molecule has 0 bridgehead atoms. The van der Waals surface area contributed by atoms with Crippen LogP contribution in [0.25, 0.3) is 11.1 Å². The molecule has 0 amide bonds. The third-order valence-corrected chi connectivity index (χ3v) is 7.29. The van der Waals surface area contributed by atoms with Crippen molar-refractivity contribution in [2.24, 2.45) is 0 Å². The zero-order valence-electron chi connectivity index (χ0n) is 16.4. The van der Waals surface area contributed by atoms with Crippen LogP contribution in [0.1, 0.15) is 19.5 Å². The second-order valence-electron chi connectivity index (χ2n) is 6.45. The molecule has 1 aliphatic heterocycles. The van der Waals surface area contributed by atoms with Crippen molar-refractivity contribution >= 4 is 39.9 Å². The van der Waals surface area contributed by atoms with Gasteiger partial charge in [-0.05, 0) is 38.1 Å². The number of rotatable bonds is 3. The highest BCUT2D eigenvalue weighted by Gasteiger charge is 2.25. The molecule has 0 aliphatic carbocycles. The predicted octanol–water partition coefficient (Wildman–Crippen LogP) is -0.483. The molecule has 1 aliphatic rings. The molecule has 8 heteroatoms. The summed E-state index contributed by atoms with van der Waals surface area (Å²) >= 11 is 3.01. The minimum atomic E-state index is -0.271. The summed E-state index contributed by atoms with van der Waals surface area (Å²) in [4.78, 5) is 16.0. The van der Waals surface area contributed by atoms with Crippen molar-refractivity contribution < 1.29 is 21.4 Å². The molecular weight excluding hydrogens is 429 g/mol. The number of fused-ring (bicyclic) bond motifs is 1. The maximum absolute atomic E-state index is 13.7. The van der Waals surface area contributed by atoms with Gasteiger partial charge in [0.05, 0.1) is 5.69 Å². The largest absolute Gasteiger partial charge is 1.00 e. The van der Waals surface area contributed by atoms with Crippen LogP contribution in [-0.2, 0) is 13.1 Å². The van der Waals surface area contributed by atoms with Crippen LogP contribution in [-0.4, -0.2) is 11.6 Å². The minimum Gasteiger partial charge on any atom is -1.00 e. The minimum absolute atomic E-state index is 0. The van der Waals surface area contributed by atoms with Gasteiger partial charge in [-0.2, -0.15) is 4.57 Å². The lowest BCUT2D eigenvalue weighted by Crippen LogP contribution is -3.00. The van der Waals surface area contributed by atoms with Crippen LogP contribution in [0.2, 0.25) is 0 Å². The third-order valence-electron chi connectivity index (χ3n) is 4.80. The Morgan fingerprint density at radius 1 is 1.21 bits per heavy atom. The van der Waals surface area contributed by atoms with Crippen LogP contribution in [0.3, 0.4) is 0 Å². The third kappa shape index (κ3) is 3.86. The number of hydrogen-bond acceptors (Lipinski definition) is 4. The van der Waals surface area contributed by atoms with Gasteiger partial charge in [0.2, 0.25) is 5.69 Å². The molecule has 4 rings (SSSR count). The number of pyridine rings is 1. The molecule has 0 radical (unpaired) electrons. The lowest BCUT2D eigenvalue weighted by Gasteiger charge is -2.12. The Labute approximate surface area is 183 Å². The van der Waals surface area contributed by atoms with E-state index >= 15 is 0 Å². The number of thiazole rings is 1. The van der Waals surface area contributed by atoms with E-state index in [2.05, 4.69) is 23.6 Å². The van der Waals surface area contributed by atoms with Crippen molar-refractivity contribution in [1.29, 1.82) is 0 Å². The number of aromatic nitrogens is 2. The molecule has 1 aromatic carbocycles. The number of nitrogens with zero attached hydrogens (tertiary/aromatic N) is 3. The Hall–Kier alpha value is -2.09. The number of anilines is 1. The van der Waals surface area contributed by atoms with Crippen molar-refractivity contribution in [3.8, 4) is 0 Å². The van der Waals surface area contributed by atoms with Gasteiger partial charge in [-0.15, -0.1) is 11.3 Å². The molecule has 0 spiro atoms. The lowest BCUT2D eigenvalue weighted by atomic mass is 10.3. The van der Waals surface area contributed by atoms with Gasteiger partial charge in [0, 0.05) is 36.7 Å². The molecule has 0 atom stereocenters. The molecule has 0 saturated carbocycles. The quantitative estimate of drug-likeness (QED) is 0.506. The van der Waals surface area contributed by atoms with Gasteiger partial charge < -0.3 is 17.3 Å². The maximum atomic E-state index is 13.7. The van der Waals surface area contributed by atoms with Gasteiger partial charge >= 0.3 is 0 Å². The zero-order valence-corrected chi connectivity index (χ0v) is 18.7. The maximum Gasteiger partial charge on any atom is 0.271 e. The SMILES string of the molecule is CCn1c(=O)/c(=C2\Sc3ccc(F)cc3N2C)s/c1=C\c1cccc[n+]1CC.[Cl-]. The number of hydrogen-bond donors (Lipinski definition) is 0. The highest BCUT2D eigenvalue weighted by Crippen LogP contribution is 2.45. The fourth-order valence-corrected chi connectivity index (χ4v) is 5.77. The Bertz CT molecular complexity index is 1240. The first-order valence-electron chi connectivity index (χ1n) is 9.18. The van der Waals surface area contributed by atoms with Gasteiger partial charge in [0.15, 0.2) is 6.20 Å². The van der Waals surface area contributed by atoms with Crippen molar-refractivity contribution in [2.45, 2.75) is 31.8 Å². The average Bonchev–Trinajstić information content (AvgIpc) is 3.18. The molecule has 0 N–H and O–H groups in total. The van der Waals surface area contributed by atoms with Crippen molar-refractivity contribution in [3.05, 3.63) is 73.7 Å². The summed E-state index contributed by atoms with van der Waals surface area (Å²) in [7, 11) is 1.88. The smallest absolute Gasteiger partial charge is 0.271 e. The molecular formula is C21H21ClFN3OS2. The molecule has 29 heavy (non-hydrogen) atoms. The fraction of sp³-hybridized carbons (Fsp3) is 0.238.